The number of hydrogen-bond acceptors (Lipinski definition) is 4. The molecule has 0 unspecified atom stereocenters. The molecule has 3 rings (SSSR count). The Bertz CT molecular complexity index is 985. The van der Waals surface area contributed by atoms with Crippen molar-refractivity contribution in [1.82, 2.24) is 24.5 Å². The molecule has 1 N–H and O–H groups in total. The quantitative estimate of drug-likeness (QED) is 0.712. The van der Waals surface area contributed by atoms with Crippen molar-refractivity contribution in [3.63, 3.8) is 0 Å². The number of hydrogen-bond donors (Lipinski definition) is 1. The van der Waals surface area contributed by atoms with Crippen molar-refractivity contribution in [3.05, 3.63) is 64.2 Å². The first-order chi connectivity index (χ1) is 13.3. The third kappa shape index (κ3) is 3.84. The average Bonchev–Trinajstić information content (AvgIpc) is 3.13. The minimum Gasteiger partial charge on any atom is -0.395 e. The van der Waals surface area contributed by atoms with Crippen molar-refractivity contribution in [1.29, 1.82) is 0 Å². The zero-order chi connectivity index (χ0) is 20.4. The summed E-state index contributed by atoms with van der Waals surface area (Å²) in [5.74, 6) is -0.114. The van der Waals surface area contributed by atoms with Crippen LogP contribution in [0.25, 0.3) is 5.69 Å². The lowest BCUT2D eigenvalue weighted by atomic mass is 10.1. The third-order valence-corrected chi connectivity index (χ3v) is 5.03. The van der Waals surface area contributed by atoms with Gasteiger partial charge in [-0.2, -0.15) is 10.2 Å². The maximum atomic E-state index is 13.1. The minimum absolute atomic E-state index is 0.0893. The van der Waals surface area contributed by atoms with Crippen LogP contribution in [0.3, 0.4) is 0 Å². The Kier molecular flexibility index (Phi) is 5.65. The Hall–Kier alpha value is -2.93. The third-order valence-electron chi connectivity index (χ3n) is 5.03. The van der Waals surface area contributed by atoms with Gasteiger partial charge in [-0.05, 0) is 58.0 Å². The highest BCUT2D eigenvalue weighted by molar-refractivity contribution is 5.94. The SMILES string of the molecule is Cc1cc(C)n(-c2ccc(C(=O)N(CCO)Cc3c(C)nn(C)c3C)cc2)n1. The van der Waals surface area contributed by atoms with Crippen molar-refractivity contribution in [2.45, 2.75) is 34.2 Å². The second-order valence-corrected chi connectivity index (χ2v) is 7.11. The van der Waals surface area contributed by atoms with E-state index in [0.29, 0.717) is 12.1 Å². The molecule has 0 atom stereocenters. The fourth-order valence-electron chi connectivity index (χ4n) is 3.43. The van der Waals surface area contributed by atoms with E-state index >= 15 is 0 Å². The van der Waals surface area contributed by atoms with Gasteiger partial charge in [-0.25, -0.2) is 4.68 Å². The second kappa shape index (κ2) is 7.98. The molecule has 0 radical (unpaired) electrons. The summed E-state index contributed by atoms with van der Waals surface area (Å²) >= 11 is 0. The monoisotopic (exact) mass is 381 g/mol. The van der Waals surface area contributed by atoms with Gasteiger partial charge in [-0.15, -0.1) is 0 Å². The predicted molar refractivity (Wildman–Crippen MR) is 108 cm³/mol. The fraction of sp³-hybridized carbons (Fsp3) is 0.381. The van der Waals surface area contributed by atoms with E-state index in [0.717, 1.165) is 34.0 Å². The van der Waals surface area contributed by atoms with Crippen LogP contribution in [0.1, 0.15) is 38.7 Å². The smallest absolute Gasteiger partial charge is 0.254 e. The molecule has 0 bridgehead atoms. The molecular weight excluding hydrogens is 354 g/mol. The number of carbonyl (C=O) groups excluding carboxylic acids is 1. The van der Waals surface area contributed by atoms with Crippen molar-refractivity contribution in [3.8, 4) is 5.69 Å². The number of aliphatic hydroxyl groups excluding tert-OH is 1. The molecule has 2 heterocycles. The van der Waals surface area contributed by atoms with E-state index in [1.54, 1.807) is 17.0 Å². The fourth-order valence-corrected chi connectivity index (χ4v) is 3.43. The first-order valence-corrected chi connectivity index (χ1v) is 9.34. The van der Waals surface area contributed by atoms with Gasteiger partial charge < -0.3 is 10.0 Å². The average molecular weight is 381 g/mol. The number of rotatable bonds is 6. The second-order valence-electron chi connectivity index (χ2n) is 7.11. The van der Waals surface area contributed by atoms with Crippen LogP contribution < -0.4 is 0 Å². The highest BCUT2D eigenvalue weighted by Gasteiger charge is 2.20. The van der Waals surface area contributed by atoms with E-state index in [-0.39, 0.29) is 19.1 Å². The van der Waals surface area contributed by atoms with Gasteiger partial charge in [0.05, 0.1) is 23.7 Å². The van der Waals surface area contributed by atoms with Crippen LogP contribution in [0.2, 0.25) is 0 Å². The molecule has 0 saturated carbocycles. The maximum Gasteiger partial charge on any atom is 0.254 e. The number of benzene rings is 1. The van der Waals surface area contributed by atoms with Gasteiger partial charge in [0, 0.05) is 42.7 Å². The summed E-state index contributed by atoms with van der Waals surface area (Å²) in [5, 5.41) is 18.3. The molecule has 0 saturated heterocycles. The molecule has 0 aliphatic carbocycles. The Morgan fingerprint density at radius 3 is 2.29 bits per heavy atom. The van der Waals surface area contributed by atoms with Gasteiger partial charge >= 0.3 is 0 Å². The summed E-state index contributed by atoms with van der Waals surface area (Å²) in [6, 6.07) is 9.41. The molecule has 1 aromatic carbocycles. The summed E-state index contributed by atoms with van der Waals surface area (Å²) in [6.45, 7) is 8.48. The molecule has 1 amide bonds. The van der Waals surface area contributed by atoms with Crippen molar-refractivity contribution < 1.29 is 9.90 Å². The van der Waals surface area contributed by atoms with Gasteiger partial charge in [0.2, 0.25) is 0 Å². The van der Waals surface area contributed by atoms with Crippen LogP contribution in [-0.4, -0.2) is 48.6 Å². The lowest BCUT2D eigenvalue weighted by Crippen LogP contribution is -2.33. The summed E-state index contributed by atoms with van der Waals surface area (Å²) in [4.78, 5) is 14.7. The van der Waals surface area contributed by atoms with E-state index < -0.39 is 0 Å². The lowest BCUT2D eigenvalue weighted by Gasteiger charge is -2.22. The van der Waals surface area contributed by atoms with Crippen LogP contribution >= 0.6 is 0 Å². The van der Waals surface area contributed by atoms with Crippen LogP contribution in [0.4, 0.5) is 0 Å². The van der Waals surface area contributed by atoms with E-state index in [1.807, 2.05) is 62.3 Å². The van der Waals surface area contributed by atoms with Crippen LogP contribution in [-0.2, 0) is 13.6 Å². The number of aryl methyl sites for hydroxylation is 4. The summed E-state index contributed by atoms with van der Waals surface area (Å²) in [7, 11) is 1.89. The topological polar surface area (TPSA) is 76.2 Å². The zero-order valence-electron chi connectivity index (χ0n) is 17.1. The Labute approximate surface area is 165 Å². The molecule has 7 nitrogen and oxygen atoms in total. The number of carbonyl (C=O) groups is 1. The first-order valence-electron chi connectivity index (χ1n) is 9.34. The van der Waals surface area contributed by atoms with Gasteiger partial charge in [0.25, 0.3) is 5.91 Å². The molecule has 28 heavy (non-hydrogen) atoms. The van der Waals surface area contributed by atoms with Gasteiger partial charge in [0.15, 0.2) is 0 Å². The van der Waals surface area contributed by atoms with Crippen LogP contribution in [0, 0.1) is 27.7 Å². The molecule has 0 spiro atoms. The largest absolute Gasteiger partial charge is 0.395 e. The van der Waals surface area contributed by atoms with Gasteiger partial charge in [-0.3, -0.25) is 9.48 Å². The highest BCUT2D eigenvalue weighted by Crippen LogP contribution is 2.18. The maximum absolute atomic E-state index is 13.1. The normalized spacial score (nSPS) is 11.1. The highest BCUT2D eigenvalue weighted by atomic mass is 16.3. The van der Waals surface area contributed by atoms with Crippen LogP contribution in [0.5, 0.6) is 0 Å². The molecule has 3 aromatic rings. The molecule has 0 aliphatic rings. The van der Waals surface area contributed by atoms with E-state index in [1.165, 1.54) is 0 Å². The molecule has 2 aromatic heterocycles. The summed E-state index contributed by atoms with van der Waals surface area (Å²) < 4.78 is 3.67. The van der Waals surface area contributed by atoms with Gasteiger partial charge in [0.1, 0.15) is 0 Å². The van der Waals surface area contributed by atoms with E-state index in [9.17, 15) is 9.90 Å². The number of amides is 1. The number of nitrogens with zero attached hydrogens (tertiary/aromatic N) is 5. The van der Waals surface area contributed by atoms with Crippen molar-refractivity contribution in [2.24, 2.45) is 7.05 Å². The number of aliphatic hydroxyl groups is 1. The van der Waals surface area contributed by atoms with E-state index in [2.05, 4.69) is 10.2 Å². The Morgan fingerprint density at radius 1 is 1.11 bits per heavy atom. The first kappa shape index (κ1) is 19.8. The summed E-state index contributed by atoms with van der Waals surface area (Å²) in [5.41, 5.74) is 6.43. The molecule has 7 heteroatoms. The Morgan fingerprint density at radius 2 is 1.79 bits per heavy atom. The molecule has 148 valence electrons. The zero-order valence-corrected chi connectivity index (χ0v) is 17.1. The summed E-state index contributed by atoms with van der Waals surface area (Å²) in [6.07, 6.45) is 0. The molecule has 0 aliphatic heterocycles. The number of aromatic nitrogens is 4. The van der Waals surface area contributed by atoms with Gasteiger partial charge in [-0.1, -0.05) is 0 Å². The Balaban J connectivity index is 1.84. The van der Waals surface area contributed by atoms with Crippen molar-refractivity contribution >= 4 is 5.91 Å². The van der Waals surface area contributed by atoms with E-state index in [4.69, 9.17) is 0 Å². The molecular formula is C21H27N5O2. The molecule has 0 fully saturated rings. The van der Waals surface area contributed by atoms with Crippen molar-refractivity contribution in [2.75, 3.05) is 13.2 Å². The van der Waals surface area contributed by atoms with Crippen LogP contribution in [0.15, 0.2) is 30.3 Å². The standard InChI is InChI=1S/C21H27N5O2/c1-14-12-15(2)26(22-14)19-8-6-18(7-9-19)21(28)25(10-11-27)13-20-16(3)23-24(5)17(20)4/h6-9,12,27H,10-11,13H2,1-5H3. The lowest BCUT2D eigenvalue weighted by molar-refractivity contribution is 0.0707. The minimum atomic E-state index is -0.114. The predicted octanol–water partition coefficient (Wildman–Crippen LogP) is 2.47.